The third-order valence-electron chi connectivity index (χ3n) is 3.28. The Hall–Kier alpha value is -2.34. The molecule has 3 aromatic rings. The molecule has 1 N–H and O–H groups in total. The van der Waals surface area contributed by atoms with Crippen molar-refractivity contribution in [3.63, 3.8) is 0 Å². The molecule has 0 atom stereocenters. The van der Waals surface area contributed by atoms with Gasteiger partial charge in [-0.3, -0.25) is 10.00 Å². The number of anilines is 1. The zero-order valence-electron chi connectivity index (χ0n) is 11.9. The summed E-state index contributed by atoms with van der Waals surface area (Å²) < 4.78 is 7.67. The summed E-state index contributed by atoms with van der Waals surface area (Å²) in [6.07, 6.45) is -0.493. The van der Waals surface area contributed by atoms with E-state index in [1.54, 1.807) is 4.68 Å². The van der Waals surface area contributed by atoms with Crippen LogP contribution in [0.3, 0.4) is 0 Å². The highest BCUT2D eigenvalue weighted by Crippen LogP contribution is 2.30. The Balaban J connectivity index is 1.74. The fourth-order valence-electron chi connectivity index (χ4n) is 2.24. The number of ether oxygens (including phenoxy) is 1. The molecule has 112 valence electrons. The minimum absolute atomic E-state index is 0.233. The van der Waals surface area contributed by atoms with Crippen molar-refractivity contribution in [1.29, 1.82) is 0 Å². The maximum absolute atomic E-state index is 12.0. The molecular weight excluding hydrogens is 346 g/mol. The van der Waals surface area contributed by atoms with E-state index in [1.165, 1.54) is 0 Å². The van der Waals surface area contributed by atoms with Gasteiger partial charge < -0.3 is 4.74 Å². The van der Waals surface area contributed by atoms with Crippen molar-refractivity contribution < 1.29 is 9.53 Å². The molecule has 3 rings (SSSR count). The third-order valence-corrected chi connectivity index (χ3v) is 3.84. The van der Waals surface area contributed by atoms with Gasteiger partial charge in [0.25, 0.3) is 0 Å². The summed E-state index contributed by atoms with van der Waals surface area (Å²) in [5.74, 6) is 0. The van der Waals surface area contributed by atoms with Gasteiger partial charge in [-0.1, -0.05) is 36.4 Å². The van der Waals surface area contributed by atoms with E-state index in [0.29, 0.717) is 10.3 Å². The lowest BCUT2D eigenvalue weighted by Crippen LogP contribution is -2.13. The van der Waals surface area contributed by atoms with Crippen molar-refractivity contribution in [2.45, 2.75) is 6.61 Å². The minimum atomic E-state index is -0.493. The van der Waals surface area contributed by atoms with Gasteiger partial charge in [-0.2, -0.15) is 5.10 Å². The number of carbonyl (C=O) groups excluding carboxylic acids is 1. The van der Waals surface area contributed by atoms with Crippen LogP contribution in [-0.4, -0.2) is 15.9 Å². The first-order valence-corrected chi connectivity index (χ1v) is 7.53. The van der Waals surface area contributed by atoms with Gasteiger partial charge in [0, 0.05) is 7.05 Å². The highest BCUT2D eigenvalue weighted by molar-refractivity contribution is 9.10. The quantitative estimate of drug-likeness (QED) is 0.766. The highest BCUT2D eigenvalue weighted by atomic mass is 79.9. The molecule has 1 amide bonds. The normalized spacial score (nSPS) is 10.6. The number of aryl methyl sites for hydroxylation is 1. The van der Waals surface area contributed by atoms with Gasteiger partial charge in [0.1, 0.15) is 11.2 Å². The molecule has 0 aliphatic carbocycles. The molecule has 1 aromatic heterocycles. The molecule has 1 heterocycles. The second kappa shape index (κ2) is 6.19. The van der Waals surface area contributed by atoms with Crippen molar-refractivity contribution in [2.24, 2.45) is 7.05 Å². The van der Waals surface area contributed by atoms with E-state index in [0.717, 1.165) is 16.5 Å². The SMILES string of the molecule is Cn1nc(Br)c2c(NC(=O)OCc3ccccc3)cccc21. The van der Waals surface area contributed by atoms with Gasteiger partial charge in [0.15, 0.2) is 0 Å². The van der Waals surface area contributed by atoms with E-state index >= 15 is 0 Å². The van der Waals surface area contributed by atoms with Gasteiger partial charge >= 0.3 is 6.09 Å². The first-order chi connectivity index (χ1) is 10.6. The van der Waals surface area contributed by atoms with Crippen LogP contribution in [0.2, 0.25) is 0 Å². The molecule has 0 bridgehead atoms. The van der Waals surface area contributed by atoms with E-state index in [9.17, 15) is 4.79 Å². The first-order valence-electron chi connectivity index (χ1n) is 6.74. The number of nitrogens with zero attached hydrogens (tertiary/aromatic N) is 2. The van der Waals surface area contributed by atoms with Gasteiger partial charge in [0.05, 0.1) is 16.6 Å². The van der Waals surface area contributed by atoms with E-state index < -0.39 is 6.09 Å². The van der Waals surface area contributed by atoms with Crippen LogP contribution >= 0.6 is 15.9 Å². The standard InChI is InChI=1S/C16H14BrN3O2/c1-20-13-9-5-8-12(14(13)15(17)19-20)18-16(21)22-10-11-6-3-2-4-7-11/h2-9H,10H2,1H3,(H,18,21). The Bertz CT molecular complexity index is 815. The summed E-state index contributed by atoms with van der Waals surface area (Å²) in [7, 11) is 1.85. The second-order valence-corrected chi connectivity index (χ2v) is 5.55. The fraction of sp³-hybridized carbons (Fsp3) is 0.125. The van der Waals surface area contributed by atoms with E-state index in [4.69, 9.17) is 4.74 Å². The first kappa shape index (κ1) is 14.6. The average molecular weight is 360 g/mol. The van der Waals surface area contributed by atoms with Crippen LogP contribution in [0.15, 0.2) is 53.1 Å². The van der Waals surface area contributed by atoms with Crippen molar-refractivity contribution in [1.82, 2.24) is 9.78 Å². The fourth-order valence-corrected chi connectivity index (χ4v) is 2.89. The van der Waals surface area contributed by atoms with Crippen LogP contribution in [-0.2, 0) is 18.4 Å². The molecule has 5 nitrogen and oxygen atoms in total. The van der Waals surface area contributed by atoms with Crippen LogP contribution in [0.4, 0.5) is 10.5 Å². The number of hydrogen-bond donors (Lipinski definition) is 1. The van der Waals surface area contributed by atoms with Crippen LogP contribution in [0.25, 0.3) is 10.9 Å². The molecule has 0 aliphatic rings. The maximum Gasteiger partial charge on any atom is 0.411 e. The summed E-state index contributed by atoms with van der Waals surface area (Å²) in [5, 5.41) is 7.91. The van der Waals surface area contributed by atoms with Crippen molar-refractivity contribution in [3.8, 4) is 0 Å². The molecule has 0 saturated carbocycles. The molecule has 2 aromatic carbocycles. The van der Waals surface area contributed by atoms with Gasteiger partial charge in [-0.15, -0.1) is 0 Å². The minimum Gasteiger partial charge on any atom is -0.444 e. The van der Waals surface area contributed by atoms with Crippen LogP contribution in [0, 0.1) is 0 Å². The number of halogens is 1. The molecule has 0 fully saturated rings. The number of carbonyl (C=O) groups is 1. The summed E-state index contributed by atoms with van der Waals surface area (Å²) in [4.78, 5) is 12.0. The summed E-state index contributed by atoms with van der Waals surface area (Å²) >= 11 is 3.41. The number of fused-ring (bicyclic) bond motifs is 1. The predicted octanol–water partition coefficient (Wildman–Crippen LogP) is 4.08. The Labute approximate surface area is 136 Å². The number of rotatable bonds is 3. The summed E-state index contributed by atoms with van der Waals surface area (Å²) in [6, 6.07) is 15.2. The van der Waals surface area contributed by atoms with Crippen molar-refractivity contribution in [3.05, 3.63) is 58.7 Å². The Kier molecular flexibility index (Phi) is 4.11. The van der Waals surface area contributed by atoms with Crippen molar-refractivity contribution >= 4 is 38.6 Å². The second-order valence-electron chi connectivity index (χ2n) is 4.80. The lowest BCUT2D eigenvalue weighted by molar-refractivity contribution is 0.155. The van der Waals surface area contributed by atoms with Gasteiger partial charge in [-0.05, 0) is 33.6 Å². The Morgan fingerprint density at radius 3 is 2.77 bits per heavy atom. The van der Waals surface area contributed by atoms with Gasteiger partial charge in [-0.25, -0.2) is 4.79 Å². The topological polar surface area (TPSA) is 56.2 Å². The Morgan fingerprint density at radius 2 is 2.00 bits per heavy atom. The lowest BCUT2D eigenvalue weighted by Gasteiger charge is -2.08. The zero-order valence-corrected chi connectivity index (χ0v) is 13.5. The molecule has 0 saturated heterocycles. The van der Waals surface area contributed by atoms with E-state index in [1.807, 2.05) is 55.6 Å². The molecule has 0 unspecified atom stereocenters. The van der Waals surface area contributed by atoms with Crippen LogP contribution < -0.4 is 5.32 Å². The molecule has 22 heavy (non-hydrogen) atoms. The Morgan fingerprint density at radius 1 is 1.23 bits per heavy atom. The average Bonchev–Trinajstić information content (AvgIpc) is 2.82. The molecule has 0 aliphatic heterocycles. The third kappa shape index (κ3) is 2.96. The number of aromatic nitrogens is 2. The predicted molar refractivity (Wildman–Crippen MR) is 88.7 cm³/mol. The number of hydrogen-bond acceptors (Lipinski definition) is 3. The highest BCUT2D eigenvalue weighted by Gasteiger charge is 2.13. The molecule has 0 spiro atoms. The number of benzene rings is 2. The monoisotopic (exact) mass is 359 g/mol. The number of amides is 1. The smallest absolute Gasteiger partial charge is 0.411 e. The van der Waals surface area contributed by atoms with Crippen LogP contribution in [0.5, 0.6) is 0 Å². The van der Waals surface area contributed by atoms with Crippen molar-refractivity contribution in [2.75, 3.05) is 5.32 Å². The molecular formula is C16H14BrN3O2. The van der Waals surface area contributed by atoms with E-state index in [2.05, 4.69) is 26.3 Å². The van der Waals surface area contributed by atoms with Gasteiger partial charge in [0.2, 0.25) is 0 Å². The van der Waals surface area contributed by atoms with Crippen LogP contribution in [0.1, 0.15) is 5.56 Å². The largest absolute Gasteiger partial charge is 0.444 e. The summed E-state index contributed by atoms with van der Waals surface area (Å²) in [6.45, 7) is 0.233. The number of nitrogens with one attached hydrogen (secondary N) is 1. The molecule has 0 radical (unpaired) electrons. The van der Waals surface area contributed by atoms with E-state index in [-0.39, 0.29) is 6.61 Å². The lowest BCUT2D eigenvalue weighted by atomic mass is 10.2. The summed E-state index contributed by atoms with van der Waals surface area (Å²) in [5.41, 5.74) is 2.53. The maximum atomic E-state index is 12.0. The molecule has 6 heteroatoms. The zero-order chi connectivity index (χ0) is 15.5.